The normalized spacial score (nSPS) is 19.5. The highest BCUT2D eigenvalue weighted by molar-refractivity contribution is 5.25. The second-order valence-corrected chi connectivity index (χ2v) is 7.07. The minimum Gasteiger partial charge on any atom is -0.298 e. The highest BCUT2D eigenvalue weighted by Crippen LogP contribution is 2.30. The lowest BCUT2D eigenvalue weighted by atomic mass is 9.90. The van der Waals surface area contributed by atoms with Gasteiger partial charge in [0.05, 0.1) is 5.56 Å². The smallest absolute Gasteiger partial charge is 0.298 e. The fourth-order valence-corrected chi connectivity index (χ4v) is 3.42. The van der Waals surface area contributed by atoms with Crippen LogP contribution in [0, 0.1) is 0 Å². The molecule has 172 valence electrons. The zero-order valence-electron chi connectivity index (χ0n) is 19.5. The van der Waals surface area contributed by atoms with Crippen LogP contribution in [0.3, 0.4) is 0 Å². The lowest BCUT2D eigenvalue weighted by Crippen LogP contribution is -2.55. The quantitative estimate of drug-likeness (QED) is 0.471. The summed E-state index contributed by atoms with van der Waals surface area (Å²) in [6.07, 6.45) is 2.97. The Hall–Kier alpha value is -1.59. The summed E-state index contributed by atoms with van der Waals surface area (Å²) in [5, 5.41) is 0. The van der Waals surface area contributed by atoms with Gasteiger partial charge in [0.15, 0.2) is 0 Å². The maximum atomic E-state index is 12.8. The van der Waals surface area contributed by atoms with E-state index in [1.165, 1.54) is 31.4 Å². The first-order chi connectivity index (χ1) is 14.3. The van der Waals surface area contributed by atoms with Gasteiger partial charge in [0.1, 0.15) is 0 Å². The van der Waals surface area contributed by atoms with Crippen LogP contribution in [0.1, 0.15) is 65.0 Å². The van der Waals surface area contributed by atoms with Crippen LogP contribution in [0.25, 0.3) is 0 Å². The molecule has 5 heteroatoms. The van der Waals surface area contributed by atoms with Gasteiger partial charge in [0.25, 0.3) is 0 Å². The third-order valence-electron chi connectivity index (χ3n) is 5.19. The lowest BCUT2D eigenvalue weighted by molar-refractivity contribution is -0.137. The predicted octanol–water partition coefficient (Wildman–Crippen LogP) is 7.17. The number of nitrogens with zero attached hydrogens (tertiary/aromatic N) is 2. The van der Waals surface area contributed by atoms with E-state index in [1.54, 1.807) is 18.2 Å². The molecule has 2 aliphatic rings. The summed E-state index contributed by atoms with van der Waals surface area (Å²) >= 11 is 0. The molecular formula is C25H41F3N2. The van der Waals surface area contributed by atoms with Gasteiger partial charge in [-0.15, -0.1) is 0 Å². The van der Waals surface area contributed by atoms with Crippen molar-refractivity contribution in [1.82, 2.24) is 9.80 Å². The molecule has 1 unspecified atom stereocenters. The summed E-state index contributed by atoms with van der Waals surface area (Å²) in [6.45, 7) is 20.5. The minimum atomic E-state index is -4.26. The molecule has 0 aromatic heterocycles. The Labute approximate surface area is 182 Å². The van der Waals surface area contributed by atoms with Crippen LogP contribution in [0.2, 0.25) is 0 Å². The highest BCUT2D eigenvalue weighted by atomic mass is 19.4. The SMILES string of the molecule is C=CC=C.CC.CC.CC1CN(C2CCC2)CCN1Cc1cccc(C(F)(F)F)c1. The molecular weight excluding hydrogens is 385 g/mol. The van der Waals surface area contributed by atoms with Crippen molar-refractivity contribution in [2.24, 2.45) is 0 Å². The largest absolute Gasteiger partial charge is 0.416 e. The average molecular weight is 427 g/mol. The summed E-state index contributed by atoms with van der Waals surface area (Å²) in [4.78, 5) is 4.85. The van der Waals surface area contributed by atoms with Crippen molar-refractivity contribution in [3.63, 3.8) is 0 Å². The van der Waals surface area contributed by atoms with E-state index >= 15 is 0 Å². The topological polar surface area (TPSA) is 6.48 Å². The van der Waals surface area contributed by atoms with E-state index < -0.39 is 11.7 Å². The van der Waals surface area contributed by atoms with Gasteiger partial charge in [0.2, 0.25) is 0 Å². The maximum absolute atomic E-state index is 12.8. The molecule has 1 aromatic carbocycles. The molecule has 30 heavy (non-hydrogen) atoms. The Morgan fingerprint density at radius 1 is 1.03 bits per heavy atom. The summed E-state index contributed by atoms with van der Waals surface area (Å²) in [7, 11) is 0. The second kappa shape index (κ2) is 15.2. The predicted molar refractivity (Wildman–Crippen MR) is 124 cm³/mol. The van der Waals surface area contributed by atoms with Crippen LogP contribution >= 0.6 is 0 Å². The molecule has 2 nitrogen and oxygen atoms in total. The molecule has 1 aliphatic carbocycles. The molecule has 1 aliphatic heterocycles. The van der Waals surface area contributed by atoms with Crippen molar-refractivity contribution in [2.75, 3.05) is 19.6 Å². The molecule has 1 atom stereocenters. The lowest BCUT2D eigenvalue weighted by Gasteiger charge is -2.46. The number of alkyl halides is 3. The van der Waals surface area contributed by atoms with E-state index in [0.29, 0.717) is 12.6 Å². The van der Waals surface area contributed by atoms with Crippen LogP contribution in [-0.4, -0.2) is 41.5 Å². The van der Waals surface area contributed by atoms with Crippen molar-refractivity contribution >= 4 is 0 Å². The fraction of sp³-hybridized carbons (Fsp3) is 0.600. The molecule has 3 rings (SSSR count). The van der Waals surface area contributed by atoms with E-state index in [9.17, 15) is 13.2 Å². The molecule has 1 saturated heterocycles. The number of rotatable bonds is 4. The Morgan fingerprint density at radius 3 is 2.07 bits per heavy atom. The summed E-state index contributed by atoms with van der Waals surface area (Å²) in [5.74, 6) is 0. The number of hydrogen-bond acceptors (Lipinski definition) is 2. The zero-order valence-corrected chi connectivity index (χ0v) is 19.5. The molecule has 0 radical (unpaired) electrons. The number of allylic oxidation sites excluding steroid dienone is 2. The number of piperazine rings is 1. The van der Waals surface area contributed by atoms with Gasteiger partial charge >= 0.3 is 6.18 Å². The minimum absolute atomic E-state index is 0.392. The third-order valence-corrected chi connectivity index (χ3v) is 5.19. The van der Waals surface area contributed by atoms with Crippen LogP contribution in [0.5, 0.6) is 0 Å². The van der Waals surface area contributed by atoms with Crippen LogP contribution < -0.4 is 0 Å². The van der Waals surface area contributed by atoms with Crippen LogP contribution in [0.4, 0.5) is 13.2 Å². The van der Waals surface area contributed by atoms with Crippen molar-refractivity contribution in [3.05, 3.63) is 60.7 Å². The van der Waals surface area contributed by atoms with Gasteiger partial charge in [-0.05, 0) is 31.4 Å². The first-order valence-corrected chi connectivity index (χ1v) is 11.2. The maximum Gasteiger partial charge on any atom is 0.416 e. The standard InChI is InChI=1S/C17H23F3N2.C4H6.2C2H6/c1-13-11-22(16-6-3-7-16)9-8-21(13)12-14-4-2-5-15(10-14)17(18,19)20;1-3-4-2;2*1-2/h2,4-5,10,13,16H,3,6-9,11-12H2,1H3;3-4H,1-2H2;2*1-2H3. The highest BCUT2D eigenvalue weighted by Gasteiger charge is 2.32. The molecule has 1 aromatic rings. The van der Waals surface area contributed by atoms with E-state index in [1.807, 2.05) is 27.7 Å². The van der Waals surface area contributed by atoms with Gasteiger partial charge in [-0.2, -0.15) is 13.2 Å². The molecule has 0 bridgehead atoms. The van der Waals surface area contributed by atoms with E-state index in [2.05, 4.69) is 29.9 Å². The molecule has 1 saturated carbocycles. The summed E-state index contributed by atoms with van der Waals surface area (Å²) in [5.41, 5.74) is 0.199. The molecule has 0 amide bonds. The number of benzene rings is 1. The fourth-order valence-electron chi connectivity index (χ4n) is 3.42. The van der Waals surface area contributed by atoms with Crippen molar-refractivity contribution in [2.45, 2.75) is 78.7 Å². The van der Waals surface area contributed by atoms with Gasteiger partial charge in [0, 0.05) is 38.3 Å². The molecule has 0 spiro atoms. The van der Waals surface area contributed by atoms with E-state index in [0.717, 1.165) is 37.3 Å². The van der Waals surface area contributed by atoms with Gasteiger partial charge in [-0.1, -0.05) is 77.6 Å². The number of hydrogen-bond donors (Lipinski definition) is 0. The Kier molecular flexibility index (Phi) is 14.4. The summed E-state index contributed by atoms with van der Waals surface area (Å²) in [6, 6.07) is 6.86. The Bertz CT molecular complexity index is 588. The zero-order chi connectivity index (χ0) is 23.2. The van der Waals surface area contributed by atoms with Crippen LogP contribution in [-0.2, 0) is 12.7 Å². The van der Waals surface area contributed by atoms with Gasteiger partial charge < -0.3 is 0 Å². The van der Waals surface area contributed by atoms with Crippen LogP contribution in [0.15, 0.2) is 49.6 Å². The average Bonchev–Trinajstić information content (AvgIpc) is 2.71. The number of halogens is 3. The molecule has 0 N–H and O–H groups in total. The molecule has 1 heterocycles. The Balaban J connectivity index is 0.000000924. The third kappa shape index (κ3) is 9.48. The van der Waals surface area contributed by atoms with Crippen molar-refractivity contribution in [1.29, 1.82) is 0 Å². The van der Waals surface area contributed by atoms with Gasteiger partial charge in [-0.3, -0.25) is 9.80 Å². The Morgan fingerprint density at radius 2 is 1.63 bits per heavy atom. The second-order valence-electron chi connectivity index (χ2n) is 7.07. The van der Waals surface area contributed by atoms with E-state index in [-0.39, 0.29) is 0 Å². The van der Waals surface area contributed by atoms with Crippen molar-refractivity contribution < 1.29 is 13.2 Å². The first-order valence-electron chi connectivity index (χ1n) is 11.2. The monoisotopic (exact) mass is 426 g/mol. The van der Waals surface area contributed by atoms with Gasteiger partial charge in [-0.25, -0.2) is 0 Å². The first kappa shape index (κ1) is 28.4. The molecule has 2 fully saturated rings. The van der Waals surface area contributed by atoms with Crippen molar-refractivity contribution in [3.8, 4) is 0 Å². The summed E-state index contributed by atoms with van der Waals surface area (Å²) < 4.78 is 38.4. The van der Waals surface area contributed by atoms with E-state index in [4.69, 9.17) is 0 Å².